The molecule has 8 aromatic rings. The van der Waals surface area contributed by atoms with Gasteiger partial charge >= 0.3 is 0 Å². The lowest BCUT2D eigenvalue weighted by molar-refractivity contribution is 0.632. The molecule has 0 radical (unpaired) electrons. The predicted molar refractivity (Wildman–Crippen MR) is 248 cm³/mol. The van der Waals surface area contributed by atoms with Crippen LogP contribution in [0.2, 0.25) is 0 Å². The summed E-state index contributed by atoms with van der Waals surface area (Å²) in [6, 6.07) is 68.0. The quantitative estimate of drug-likeness (QED) is 0.172. The Morgan fingerprint density at radius 1 is 0.322 bits per heavy atom. The van der Waals surface area contributed by atoms with Crippen molar-refractivity contribution in [3.8, 4) is 33.4 Å². The molecule has 8 aromatic carbocycles. The van der Waals surface area contributed by atoms with Gasteiger partial charge in [-0.2, -0.15) is 0 Å². The summed E-state index contributed by atoms with van der Waals surface area (Å²) < 4.78 is 0. The van der Waals surface area contributed by atoms with E-state index in [0.717, 1.165) is 5.69 Å². The summed E-state index contributed by atoms with van der Waals surface area (Å²) >= 11 is 0. The molecule has 0 bridgehead atoms. The predicted octanol–water partition coefficient (Wildman–Crippen LogP) is 15.5. The molecule has 2 heteroatoms. The minimum absolute atomic E-state index is 0.103. The molecule has 2 nitrogen and oxygen atoms in total. The lowest BCUT2D eigenvalue weighted by Gasteiger charge is -2.42. The summed E-state index contributed by atoms with van der Waals surface area (Å²) in [5, 5.41) is 0. The highest BCUT2D eigenvalue weighted by molar-refractivity contribution is 5.91. The first-order chi connectivity index (χ1) is 28.5. The molecule has 11 rings (SSSR count). The Bertz CT molecular complexity index is 2860. The molecule has 0 saturated carbocycles. The molecule has 2 aliphatic carbocycles. The van der Waals surface area contributed by atoms with E-state index in [9.17, 15) is 0 Å². The molecule has 0 saturated heterocycles. The standard InChI is InChI=1S/C57H48N2/c1-55(2)47-20-12-10-18-43(47)45-31-29-41(35-51(45)55)58(42-30-32-46-44-19-11-13-21-48(44)56(3,4)52(46)36-42)40-27-24-37(25-28-40)38-26-33-50-54(34-38)59(39-16-8-7-9-17-39)53-23-15-14-22-49(53)57(50,5)6/h7-36H,1-6H3. The first-order valence-electron chi connectivity index (χ1n) is 21.0. The van der Waals surface area contributed by atoms with Crippen LogP contribution in [0.1, 0.15) is 74.9 Å². The maximum Gasteiger partial charge on any atom is 0.0508 e. The highest BCUT2D eigenvalue weighted by Gasteiger charge is 2.39. The van der Waals surface area contributed by atoms with Gasteiger partial charge in [-0.1, -0.05) is 163 Å². The van der Waals surface area contributed by atoms with E-state index in [1.54, 1.807) is 0 Å². The van der Waals surface area contributed by atoms with Crippen molar-refractivity contribution < 1.29 is 0 Å². The minimum atomic E-state index is -0.141. The van der Waals surface area contributed by atoms with Crippen molar-refractivity contribution >= 4 is 34.1 Å². The average Bonchev–Trinajstić information content (AvgIpc) is 3.63. The first kappa shape index (κ1) is 35.5. The van der Waals surface area contributed by atoms with Crippen molar-refractivity contribution in [3.63, 3.8) is 0 Å². The van der Waals surface area contributed by atoms with Crippen LogP contribution in [0.5, 0.6) is 0 Å². The van der Waals surface area contributed by atoms with Crippen LogP contribution in [-0.2, 0) is 16.2 Å². The van der Waals surface area contributed by atoms with Crippen LogP contribution in [0.3, 0.4) is 0 Å². The summed E-state index contributed by atoms with van der Waals surface area (Å²) in [4.78, 5) is 4.91. The van der Waals surface area contributed by atoms with Crippen LogP contribution < -0.4 is 9.80 Å². The number of hydrogen-bond donors (Lipinski definition) is 0. The molecular weight excluding hydrogens is 713 g/mol. The monoisotopic (exact) mass is 760 g/mol. The molecule has 0 atom stereocenters. The summed E-state index contributed by atoms with van der Waals surface area (Å²) in [5.41, 5.74) is 22.7. The van der Waals surface area contributed by atoms with E-state index < -0.39 is 0 Å². The Morgan fingerprint density at radius 3 is 1.36 bits per heavy atom. The topological polar surface area (TPSA) is 6.48 Å². The van der Waals surface area contributed by atoms with Crippen molar-refractivity contribution in [3.05, 3.63) is 215 Å². The SMILES string of the molecule is CC1(C)c2ccccc2-c2ccc(N(c3ccc(-c4ccc5c(c4)N(c4ccccc4)c4ccccc4C5(C)C)cc3)c3ccc4c(c3)C(C)(C)c3ccccc3-4)cc21. The minimum Gasteiger partial charge on any atom is -0.310 e. The fraction of sp³-hybridized carbons (Fsp3) is 0.158. The summed E-state index contributed by atoms with van der Waals surface area (Å²) in [6.45, 7) is 14.2. The lowest BCUT2D eigenvalue weighted by atomic mass is 9.73. The third-order valence-corrected chi connectivity index (χ3v) is 13.9. The Labute approximate surface area is 349 Å². The van der Waals surface area contributed by atoms with Gasteiger partial charge < -0.3 is 9.80 Å². The van der Waals surface area contributed by atoms with Crippen LogP contribution >= 0.6 is 0 Å². The third-order valence-electron chi connectivity index (χ3n) is 13.9. The second-order valence-electron chi connectivity index (χ2n) is 18.2. The molecule has 59 heavy (non-hydrogen) atoms. The van der Waals surface area contributed by atoms with Gasteiger partial charge in [-0.15, -0.1) is 0 Å². The highest BCUT2D eigenvalue weighted by Crippen LogP contribution is 2.55. The summed E-state index contributed by atoms with van der Waals surface area (Å²) in [7, 11) is 0. The van der Waals surface area contributed by atoms with Gasteiger partial charge in [0.25, 0.3) is 0 Å². The van der Waals surface area contributed by atoms with Crippen LogP contribution in [0, 0.1) is 0 Å². The molecule has 0 aromatic heterocycles. The smallest absolute Gasteiger partial charge is 0.0508 e. The number of para-hydroxylation sites is 2. The van der Waals surface area contributed by atoms with Crippen molar-refractivity contribution in [2.75, 3.05) is 9.80 Å². The van der Waals surface area contributed by atoms with Gasteiger partial charge in [-0.05, 0) is 127 Å². The van der Waals surface area contributed by atoms with Gasteiger partial charge in [0, 0.05) is 39.0 Å². The van der Waals surface area contributed by atoms with E-state index in [1.165, 1.54) is 95.2 Å². The number of fused-ring (bicyclic) bond motifs is 8. The van der Waals surface area contributed by atoms with Gasteiger partial charge in [-0.25, -0.2) is 0 Å². The molecule has 0 amide bonds. The fourth-order valence-corrected chi connectivity index (χ4v) is 10.7. The normalized spacial score (nSPS) is 15.7. The fourth-order valence-electron chi connectivity index (χ4n) is 10.7. The van der Waals surface area contributed by atoms with E-state index >= 15 is 0 Å². The molecule has 1 aliphatic heterocycles. The molecule has 286 valence electrons. The van der Waals surface area contributed by atoms with Crippen LogP contribution in [0.4, 0.5) is 34.1 Å². The second-order valence-corrected chi connectivity index (χ2v) is 18.2. The molecule has 0 fully saturated rings. The first-order valence-corrected chi connectivity index (χ1v) is 21.0. The maximum atomic E-state index is 2.46. The number of anilines is 6. The van der Waals surface area contributed by atoms with E-state index in [0.29, 0.717) is 0 Å². The Morgan fingerprint density at radius 2 is 0.763 bits per heavy atom. The number of nitrogens with zero attached hydrogens (tertiary/aromatic N) is 2. The van der Waals surface area contributed by atoms with E-state index in [1.807, 2.05) is 0 Å². The van der Waals surface area contributed by atoms with E-state index in [-0.39, 0.29) is 16.2 Å². The molecule has 0 spiro atoms. The molecule has 0 unspecified atom stereocenters. The summed E-state index contributed by atoms with van der Waals surface area (Å²) in [5.74, 6) is 0. The van der Waals surface area contributed by atoms with Gasteiger partial charge in [0.2, 0.25) is 0 Å². The van der Waals surface area contributed by atoms with Gasteiger partial charge in [0.05, 0.1) is 11.4 Å². The van der Waals surface area contributed by atoms with Gasteiger partial charge in [0.1, 0.15) is 0 Å². The maximum absolute atomic E-state index is 2.46. The third kappa shape index (κ3) is 5.18. The number of rotatable bonds is 5. The van der Waals surface area contributed by atoms with Crippen LogP contribution in [-0.4, -0.2) is 0 Å². The largest absolute Gasteiger partial charge is 0.310 e. The zero-order valence-corrected chi connectivity index (χ0v) is 34.7. The lowest BCUT2D eigenvalue weighted by Crippen LogP contribution is -2.30. The van der Waals surface area contributed by atoms with Crippen molar-refractivity contribution in [1.29, 1.82) is 0 Å². The number of hydrogen-bond acceptors (Lipinski definition) is 2. The Hall–Kier alpha value is -6.64. The second kappa shape index (κ2) is 12.7. The Kier molecular flexibility index (Phi) is 7.63. The van der Waals surface area contributed by atoms with E-state index in [4.69, 9.17) is 0 Å². The molecule has 1 heterocycles. The zero-order valence-electron chi connectivity index (χ0n) is 34.7. The van der Waals surface area contributed by atoms with E-state index in [2.05, 4.69) is 233 Å². The van der Waals surface area contributed by atoms with Crippen LogP contribution in [0.25, 0.3) is 33.4 Å². The van der Waals surface area contributed by atoms with Crippen molar-refractivity contribution in [1.82, 2.24) is 0 Å². The molecule has 3 aliphatic rings. The molecule has 0 N–H and O–H groups in total. The number of benzene rings is 8. The van der Waals surface area contributed by atoms with Gasteiger partial charge in [0.15, 0.2) is 0 Å². The average molecular weight is 761 g/mol. The van der Waals surface area contributed by atoms with Crippen molar-refractivity contribution in [2.45, 2.75) is 57.8 Å². The Balaban J connectivity index is 1.04. The summed E-state index contributed by atoms with van der Waals surface area (Å²) in [6.07, 6.45) is 0. The van der Waals surface area contributed by atoms with Gasteiger partial charge in [-0.3, -0.25) is 0 Å². The molecular formula is C57H48N2. The van der Waals surface area contributed by atoms with Crippen LogP contribution in [0.15, 0.2) is 182 Å². The zero-order chi connectivity index (χ0) is 40.3. The van der Waals surface area contributed by atoms with Crippen molar-refractivity contribution in [2.24, 2.45) is 0 Å². The highest BCUT2D eigenvalue weighted by atomic mass is 15.2.